The van der Waals surface area contributed by atoms with Crippen molar-refractivity contribution < 1.29 is 62.5 Å². The van der Waals surface area contributed by atoms with Crippen LogP contribution in [0.1, 0.15) is 142 Å². The van der Waals surface area contributed by atoms with Gasteiger partial charge < -0.3 is 41.2 Å². The van der Waals surface area contributed by atoms with Crippen molar-refractivity contribution in [3.8, 4) is 0 Å². The number of carboxylic acids is 2. The summed E-state index contributed by atoms with van der Waals surface area (Å²) in [6, 6.07) is -2.88. The van der Waals surface area contributed by atoms with E-state index in [1.54, 1.807) is 18.2 Å². The molecule has 0 spiro atoms. The molecule has 8 N–H and O–H groups in total. The van der Waals surface area contributed by atoms with Gasteiger partial charge in [-0.2, -0.15) is 0 Å². The van der Waals surface area contributed by atoms with Crippen molar-refractivity contribution in [2.24, 2.45) is 11.5 Å². The quantitative estimate of drug-likeness (QED) is 0.0109. The number of esters is 2. The number of carboxylic acid groups (broad SMARTS) is 2. The van der Waals surface area contributed by atoms with Crippen LogP contribution in [0.4, 0.5) is 0 Å². The molecule has 0 aromatic rings. The molecule has 0 saturated carbocycles. The number of nitrogens with two attached hydrogens (primary N) is 2. The summed E-state index contributed by atoms with van der Waals surface area (Å²) in [6.45, 7) is 2.20. The lowest BCUT2D eigenvalue weighted by Gasteiger charge is -2.23. The number of aliphatic hydroxyl groups is 1. The summed E-state index contributed by atoms with van der Waals surface area (Å²) >= 11 is 1.15. The fourth-order valence-electron chi connectivity index (χ4n) is 5.73. The normalized spacial score (nSPS) is 15.7. The molecular weight excluding hydrogens is 888 g/mol. The summed E-state index contributed by atoms with van der Waals surface area (Å²) in [5, 5.41) is 28.4. The summed E-state index contributed by atoms with van der Waals surface area (Å²) in [5.41, 5.74) is 11.5. The van der Waals surface area contributed by atoms with Crippen LogP contribution in [-0.2, 0) is 42.3 Å². The van der Waals surface area contributed by atoms with Crippen molar-refractivity contribution in [1.29, 1.82) is 0 Å². The van der Waals surface area contributed by atoms with Crippen LogP contribution in [0.5, 0.6) is 0 Å². The van der Waals surface area contributed by atoms with Crippen LogP contribution in [0.15, 0.2) is 85.1 Å². The number of aliphatic hydroxyl groups excluding tert-OH is 1. The standard InChI is InChI=1S/C49H81N2O13PS/c1-3-5-7-9-11-13-15-17-18-19-20-21-23-25-27-29-31-36-47(55)61-37-41(38-62-65(59,60)63-39-42(50)48(56)57)64-49(58)43(51)40-66-45(44(52)33-32-35-46(53)54)34-30-28-26-24-22-16-14-12-10-8-6-4-2/h11-14,17-18,20-22,24,26,28,30,34,41-45,52H,3-10,15-16,19,23,25,27,29,31-33,35-40,50-51H2,1-2H3,(H,53,54)(H,56,57)(H,59,60)/b13-11-,14-12-,18-17-,21-20-,24-22-,28-26+,34-30+/t41-,42+,43+,44+,45-/m1/s1. The second kappa shape index (κ2) is 42.7. The average Bonchev–Trinajstić information content (AvgIpc) is 3.28. The summed E-state index contributed by atoms with van der Waals surface area (Å²) in [4.78, 5) is 58.0. The lowest BCUT2D eigenvalue weighted by Crippen LogP contribution is -2.40. The molecule has 0 rings (SSSR count). The Morgan fingerprint density at radius 1 is 0.636 bits per heavy atom. The van der Waals surface area contributed by atoms with Crippen LogP contribution in [0.2, 0.25) is 0 Å². The second-order valence-electron chi connectivity index (χ2n) is 15.7. The fourth-order valence-corrected chi connectivity index (χ4v) is 7.63. The van der Waals surface area contributed by atoms with Crippen LogP contribution in [0.3, 0.4) is 0 Å². The minimum atomic E-state index is -4.89. The van der Waals surface area contributed by atoms with E-state index in [2.05, 4.69) is 67.0 Å². The molecule has 0 aliphatic rings. The Balaban J connectivity index is 5.28. The Hall–Kier alpha value is -3.60. The van der Waals surface area contributed by atoms with E-state index < -0.39 is 81.1 Å². The number of rotatable bonds is 43. The summed E-state index contributed by atoms with van der Waals surface area (Å²) in [7, 11) is -4.89. The number of phosphoric acid groups is 1. The molecule has 66 heavy (non-hydrogen) atoms. The van der Waals surface area contributed by atoms with Gasteiger partial charge in [-0.3, -0.25) is 28.2 Å². The van der Waals surface area contributed by atoms with Crippen LogP contribution in [-0.4, -0.2) is 99.2 Å². The number of ether oxygens (including phenoxy) is 2. The van der Waals surface area contributed by atoms with Crippen molar-refractivity contribution in [2.75, 3.05) is 25.6 Å². The lowest BCUT2D eigenvalue weighted by atomic mass is 10.1. The maximum atomic E-state index is 13.2. The largest absolute Gasteiger partial charge is 0.481 e. The van der Waals surface area contributed by atoms with Gasteiger partial charge in [-0.1, -0.05) is 137 Å². The Morgan fingerprint density at radius 3 is 1.77 bits per heavy atom. The van der Waals surface area contributed by atoms with Crippen molar-refractivity contribution in [1.82, 2.24) is 0 Å². The van der Waals surface area contributed by atoms with E-state index in [1.807, 2.05) is 18.2 Å². The molecule has 0 aromatic carbocycles. The number of aliphatic carboxylic acids is 2. The Kier molecular flexibility index (Phi) is 40.4. The molecule has 0 heterocycles. The van der Waals surface area contributed by atoms with E-state index in [-0.39, 0.29) is 31.4 Å². The van der Waals surface area contributed by atoms with Gasteiger partial charge in [0.05, 0.1) is 19.3 Å². The maximum absolute atomic E-state index is 13.2. The molecule has 376 valence electrons. The predicted octanol–water partition coefficient (Wildman–Crippen LogP) is 9.60. The van der Waals surface area contributed by atoms with Gasteiger partial charge in [0.15, 0.2) is 6.10 Å². The molecule has 6 atom stereocenters. The summed E-state index contributed by atoms with van der Waals surface area (Å²) < 4.78 is 32.9. The smallest absolute Gasteiger partial charge is 0.472 e. The molecule has 0 aromatic heterocycles. The van der Waals surface area contributed by atoms with E-state index in [0.717, 1.165) is 69.5 Å². The van der Waals surface area contributed by atoms with Crippen LogP contribution < -0.4 is 11.5 Å². The molecule has 0 fully saturated rings. The van der Waals surface area contributed by atoms with Crippen LogP contribution >= 0.6 is 19.6 Å². The Bertz CT molecular complexity index is 1570. The number of hydrogen-bond acceptors (Lipinski definition) is 13. The molecule has 17 heteroatoms. The third kappa shape index (κ3) is 39.6. The van der Waals surface area contributed by atoms with Crippen molar-refractivity contribution in [3.05, 3.63) is 85.1 Å². The van der Waals surface area contributed by atoms with E-state index in [0.29, 0.717) is 6.42 Å². The van der Waals surface area contributed by atoms with E-state index >= 15 is 0 Å². The zero-order chi connectivity index (χ0) is 49.1. The van der Waals surface area contributed by atoms with Gasteiger partial charge in [-0.05, 0) is 77.0 Å². The highest BCUT2D eigenvalue weighted by molar-refractivity contribution is 8.00. The molecule has 0 aliphatic heterocycles. The van der Waals surface area contributed by atoms with Crippen molar-refractivity contribution in [2.45, 2.75) is 172 Å². The third-order valence-electron chi connectivity index (χ3n) is 9.62. The molecule has 0 bridgehead atoms. The second-order valence-corrected chi connectivity index (χ2v) is 18.4. The van der Waals surface area contributed by atoms with Gasteiger partial charge in [-0.15, -0.1) is 11.8 Å². The average molecular weight is 969 g/mol. The number of carbonyl (C=O) groups excluding carboxylic acids is 2. The first-order valence-electron chi connectivity index (χ1n) is 23.6. The van der Waals surface area contributed by atoms with Crippen LogP contribution in [0, 0.1) is 0 Å². The van der Waals surface area contributed by atoms with E-state index in [9.17, 15) is 33.7 Å². The third-order valence-corrected chi connectivity index (χ3v) is 12.0. The molecule has 0 radical (unpaired) electrons. The minimum Gasteiger partial charge on any atom is -0.481 e. The van der Waals surface area contributed by atoms with Gasteiger partial charge in [0.25, 0.3) is 0 Å². The van der Waals surface area contributed by atoms with Gasteiger partial charge in [-0.25, -0.2) is 4.57 Å². The highest BCUT2D eigenvalue weighted by Crippen LogP contribution is 2.43. The van der Waals surface area contributed by atoms with Crippen molar-refractivity contribution >= 4 is 43.5 Å². The number of hydrogen-bond donors (Lipinski definition) is 6. The van der Waals surface area contributed by atoms with Crippen LogP contribution in [0.25, 0.3) is 0 Å². The highest BCUT2D eigenvalue weighted by Gasteiger charge is 2.30. The first-order chi connectivity index (χ1) is 31.7. The molecule has 0 aliphatic carbocycles. The van der Waals surface area contributed by atoms with E-state index in [4.69, 9.17) is 35.7 Å². The van der Waals surface area contributed by atoms with Gasteiger partial charge in [0.2, 0.25) is 0 Å². The zero-order valence-electron chi connectivity index (χ0n) is 39.4. The Labute approximate surface area is 398 Å². The molecule has 1 unspecified atom stereocenters. The lowest BCUT2D eigenvalue weighted by molar-refractivity contribution is -0.161. The molecule has 15 nitrogen and oxygen atoms in total. The summed E-state index contributed by atoms with van der Waals surface area (Å²) in [5.74, 6) is -4.06. The highest BCUT2D eigenvalue weighted by atomic mass is 32.2. The first-order valence-corrected chi connectivity index (χ1v) is 26.1. The molecule has 0 amide bonds. The molecule has 0 saturated heterocycles. The maximum Gasteiger partial charge on any atom is 0.472 e. The van der Waals surface area contributed by atoms with Gasteiger partial charge >= 0.3 is 31.7 Å². The number of thioether (sulfide) groups is 1. The zero-order valence-corrected chi connectivity index (χ0v) is 41.1. The van der Waals surface area contributed by atoms with Gasteiger partial charge in [0.1, 0.15) is 18.7 Å². The number of phosphoric ester groups is 1. The fraction of sp³-hybridized carbons (Fsp3) is 0.633. The number of carbonyl (C=O) groups is 4. The topological polar surface area (TPSA) is 255 Å². The first kappa shape index (κ1) is 62.4. The Morgan fingerprint density at radius 2 is 1.18 bits per heavy atom. The molecular formula is C49H81N2O13PS. The van der Waals surface area contributed by atoms with E-state index in [1.165, 1.54) is 38.5 Å². The monoisotopic (exact) mass is 969 g/mol. The minimum absolute atomic E-state index is 0.0515. The summed E-state index contributed by atoms with van der Waals surface area (Å²) in [6.07, 6.45) is 42.7. The SMILES string of the molecule is CCCCC/C=C\C\C=C/C=C/C=C/[C@@H](SC[C@H](N)C(=O)O[C@H](COC(=O)CCCCCC/C=C\C/C=C\C/C=C\CCCCC)COP(=O)(O)OC[C@H](N)C(=O)O)[C@@H](O)CCCC(=O)O. The number of unbranched alkanes of at least 4 members (excludes halogenated alkanes) is 10. The number of allylic oxidation sites excluding steroid dienone is 13. The van der Waals surface area contributed by atoms with Gasteiger partial charge in [0, 0.05) is 23.8 Å². The van der Waals surface area contributed by atoms with Crippen molar-refractivity contribution in [3.63, 3.8) is 0 Å². The predicted molar refractivity (Wildman–Crippen MR) is 264 cm³/mol.